The van der Waals surface area contributed by atoms with Gasteiger partial charge in [0.1, 0.15) is 0 Å². The highest BCUT2D eigenvalue weighted by Crippen LogP contribution is 2.23. The molecule has 110 valence electrons. The summed E-state index contributed by atoms with van der Waals surface area (Å²) in [7, 11) is 0. The van der Waals surface area contributed by atoms with Crippen molar-refractivity contribution < 1.29 is 0 Å². The number of nitrogens with zero attached hydrogens (tertiary/aromatic N) is 1. The van der Waals surface area contributed by atoms with E-state index < -0.39 is 0 Å². The zero-order valence-electron chi connectivity index (χ0n) is 12.7. The Labute approximate surface area is 128 Å². The van der Waals surface area contributed by atoms with Gasteiger partial charge in [-0.15, -0.1) is 0 Å². The van der Waals surface area contributed by atoms with Gasteiger partial charge in [-0.25, -0.2) is 0 Å². The van der Waals surface area contributed by atoms with Crippen LogP contribution in [0.3, 0.4) is 0 Å². The van der Waals surface area contributed by atoms with Crippen molar-refractivity contribution in [2.75, 3.05) is 19.6 Å². The van der Waals surface area contributed by atoms with Crippen LogP contribution < -0.4 is 5.73 Å². The van der Waals surface area contributed by atoms with Crippen molar-refractivity contribution in [1.29, 1.82) is 0 Å². The van der Waals surface area contributed by atoms with Gasteiger partial charge in [0.2, 0.25) is 0 Å². The number of benzene rings is 1. The van der Waals surface area contributed by atoms with Crippen LogP contribution in [0.4, 0.5) is 0 Å². The van der Waals surface area contributed by atoms with E-state index >= 15 is 0 Å². The van der Waals surface area contributed by atoms with Gasteiger partial charge < -0.3 is 10.6 Å². The number of hydrogen-bond acceptors (Lipinski definition) is 2. The summed E-state index contributed by atoms with van der Waals surface area (Å²) in [4.78, 5) is 3.22. The van der Waals surface area contributed by atoms with Gasteiger partial charge in [-0.1, -0.05) is 50.3 Å². The molecule has 0 amide bonds. The molecule has 1 aliphatic heterocycles. The summed E-state index contributed by atoms with van der Waals surface area (Å²) in [5, 5.41) is 0. The molecule has 2 N–H and O–H groups in total. The van der Waals surface area contributed by atoms with E-state index in [-0.39, 0.29) is 5.41 Å². The molecule has 2 rings (SSSR count). The van der Waals surface area contributed by atoms with E-state index in [1.807, 2.05) is 0 Å². The normalized spacial score (nSPS) is 16.5. The maximum atomic E-state index is 5.79. The van der Waals surface area contributed by atoms with Crippen LogP contribution in [0.5, 0.6) is 0 Å². The molecule has 0 saturated carbocycles. The van der Waals surface area contributed by atoms with Crippen molar-refractivity contribution in [3.05, 3.63) is 35.4 Å². The van der Waals surface area contributed by atoms with Crippen molar-refractivity contribution in [2.45, 2.75) is 39.5 Å². The molecule has 2 nitrogen and oxygen atoms in total. The van der Waals surface area contributed by atoms with E-state index in [4.69, 9.17) is 18.0 Å². The number of nitrogens with two attached hydrogens (primary N) is 1. The van der Waals surface area contributed by atoms with Gasteiger partial charge in [0, 0.05) is 18.5 Å². The van der Waals surface area contributed by atoms with Crippen molar-refractivity contribution in [3.63, 3.8) is 0 Å². The molecule has 0 bridgehead atoms. The van der Waals surface area contributed by atoms with Crippen LogP contribution in [-0.2, 0) is 12.8 Å². The fourth-order valence-electron chi connectivity index (χ4n) is 2.81. The SMILES string of the molecule is CC(C)(CCCN1CCc2ccccc2CC1)C(N)=S. The van der Waals surface area contributed by atoms with Crippen LogP contribution in [0.1, 0.15) is 37.8 Å². The standard InChI is InChI=1S/C17H26N2S/c1-17(2,16(18)20)10-5-11-19-12-8-14-6-3-4-7-15(14)9-13-19/h3-4,6-7H,5,8-13H2,1-2H3,(H2,18,20). The number of thiocarbonyl (C=S) groups is 1. The zero-order chi connectivity index (χ0) is 14.6. The third-order valence-electron chi connectivity index (χ3n) is 4.46. The van der Waals surface area contributed by atoms with E-state index in [0.29, 0.717) is 4.99 Å². The highest BCUT2D eigenvalue weighted by molar-refractivity contribution is 7.80. The van der Waals surface area contributed by atoms with Gasteiger partial charge in [-0.3, -0.25) is 0 Å². The van der Waals surface area contributed by atoms with Crippen LogP contribution in [0.2, 0.25) is 0 Å². The molecule has 1 aromatic rings. The fraction of sp³-hybridized carbons (Fsp3) is 0.588. The summed E-state index contributed by atoms with van der Waals surface area (Å²) >= 11 is 5.13. The first-order valence-electron chi connectivity index (χ1n) is 7.58. The van der Waals surface area contributed by atoms with Crippen LogP contribution >= 0.6 is 12.2 Å². The Kier molecular flexibility index (Phi) is 5.17. The monoisotopic (exact) mass is 290 g/mol. The average Bonchev–Trinajstić information content (AvgIpc) is 2.61. The predicted octanol–water partition coefficient (Wildman–Crippen LogP) is 3.18. The first kappa shape index (κ1) is 15.5. The lowest BCUT2D eigenvalue weighted by atomic mass is 9.88. The van der Waals surface area contributed by atoms with Gasteiger partial charge in [0.25, 0.3) is 0 Å². The molecule has 1 aliphatic rings. The van der Waals surface area contributed by atoms with E-state index in [1.165, 1.54) is 43.5 Å². The maximum absolute atomic E-state index is 5.79. The summed E-state index contributed by atoms with van der Waals surface area (Å²) in [6, 6.07) is 8.85. The highest BCUT2D eigenvalue weighted by Gasteiger charge is 2.21. The summed E-state index contributed by atoms with van der Waals surface area (Å²) < 4.78 is 0. The Morgan fingerprint density at radius 2 is 1.75 bits per heavy atom. The molecule has 0 spiro atoms. The van der Waals surface area contributed by atoms with Crippen LogP contribution in [0.15, 0.2) is 24.3 Å². The van der Waals surface area contributed by atoms with Crippen LogP contribution in [0.25, 0.3) is 0 Å². The van der Waals surface area contributed by atoms with Gasteiger partial charge >= 0.3 is 0 Å². The molecular formula is C17H26N2S. The number of hydrogen-bond donors (Lipinski definition) is 1. The quantitative estimate of drug-likeness (QED) is 0.845. The molecule has 20 heavy (non-hydrogen) atoms. The van der Waals surface area contributed by atoms with Crippen LogP contribution in [0, 0.1) is 5.41 Å². The van der Waals surface area contributed by atoms with Crippen molar-refractivity contribution in [3.8, 4) is 0 Å². The lowest BCUT2D eigenvalue weighted by Gasteiger charge is -2.25. The Morgan fingerprint density at radius 1 is 1.20 bits per heavy atom. The Morgan fingerprint density at radius 3 is 2.25 bits per heavy atom. The minimum absolute atomic E-state index is 0.00978. The molecule has 0 saturated heterocycles. The number of rotatable bonds is 5. The highest BCUT2D eigenvalue weighted by atomic mass is 32.1. The number of fused-ring (bicyclic) bond motifs is 1. The smallest absolute Gasteiger partial charge is 0.0784 e. The molecule has 3 heteroatoms. The van der Waals surface area contributed by atoms with Crippen molar-refractivity contribution in [2.24, 2.45) is 11.1 Å². The topological polar surface area (TPSA) is 29.3 Å². The lowest BCUT2D eigenvalue weighted by Crippen LogP contribution is -2.32. The van der Waals surface area contributed by atoms with Gasteiger partial charge in [-0.2, -0.15) is 0 Å². The van der Waals surface area contributed by atoms with Crippen molar-refractivity contribution >= 4 is 17.2 Å². The molecule has 1 heterocycles. The molecular weight excluding hydrogens is 264 g/mol. The van der Waals surface area contributed by atoms with E-state index in [0.717, 1.165) is 13.0 Å². The summed E-state index contributed by atoms with van der Waals surface area (Å²) in [6.07, 6.45) is 4.59. The fourth-order valence-corrected chi connectivity index (χ4v) is 2.91. The Bertz CT molecular complexity index is 441. The second kappa shape index (κ2) is 6.68. The Balaban J connectivity index is 1.81. The Hall–Kier alpha value is -0.930. The third kappa shape index (κ3) is 4.03. The van der Waals surface area contributed by atoms with Gasteiger partial charge in [-0.05, 0) is 43.4 Å². The first-order valence-corrected chi connectivity index (χ1v) is 7.99. The zero-order valence-corrected chi connectivity index (χ0v) is 13.5. The first-order chi connectivity index (χ1) is 9.49. The van der Waals surface area contributed by atoms with E-state index in [2.05, 4.69) is 43.0 Å². The summed E-state index contributed by atoms with van der Waals surface area (Å²) in [5.41, 5.74) is 8.83. The summed E-state index contributed by atoms with van der Waals surface area (Å²) in [5.74, 6) is 0. The van der Waals surface area contributed by atoms with Crippen molar-refractivity contribution in [1.82, 2.24) is 4.90 Å². The molecule has 1 aromatic carbocycles. The average molecular weight is 290 g/mol. The molecule has 0 radical (unpaired) electrons. The van der Waals surface area contributed by atoms with Gasteiger partial charge in [0.15, 0.2) is 0 Å². The molecule has 0 atom stereocenters. The molecule has 0 aliphatic carbocycles. The molecule has 0 unspecified atom stereocenters. The largest absolute Gasteiger partial charge is 0.393 e. The van der Waals surface area contributed by atoms with Gasteiger partial charge in [0.05, 0.1) is 4.99 Å². The second-order valence-electron chi connectivity index (χ2n) is 6.46. The minimum atomic E-state index is -0.00978. The summed E-state index contributed by atoms with van der Waals surface area (Å²) in [6.45, 7) is 7.79. The predicted molar refractivity (Wildman–Crippen MR) is 90.1 cm³/mol. The van der Waals surface area contributed by atoms with E-state index in [1.54, 1.807) is 0 Å². The molecule has 0 fully saturated rings. The molecule has 0 aromatic heterocycles. The third-order valence-corrected chi connectivity index (χ3v) is 5.01. The van der Waals surface area contributed by atoms with Crippen LogP contribution in [-0.4, -0.2) is 29.5 Å². The lowest BCUT2D eigenvalue weighted by molar-refractivity contribution is 0.269. The minimum Gasteiger partial charge on any atom is -0.393 e. The maximum Gasteiger partial charge on any atom is 0.0784 e. The second-order valence-corrected chi connectivity index (χ2v) is 6.90. The van der Waals surface area contributed by atoms with E-state index in [9.17, 15) is 0 Å².